The fourth-order valence-corrected chi connectivity index (χ4v) is 3.53. The number of carboxylic acids is 1. The van der Waals surface area contributed by atoms with Crippen LogP contribution in [-0.2, 0) is 24.8 Å². The maximum atomic E-state index is 12.4. The molecule has 0 aliphatic carbocycles. The summed E-state index contributed by atoms with van der Waals surface area (Å²) in [6.07, 6.45) is -2.74. The topological polar surface area (TPSA) is 113 Å². The van der Waals surface area contributed by atoms with Crippen LogP contribution in [0.2, 0.25) is 0 Å². The minimum absolute atomic E-state index is 0.137. The van der Waals surface area contributed by atoms with Crippen molar-refractivity contribution in [3.8, 4) is 11.6 Å². The van der Waals surface area contributed by atoms with E-state index in [9.17, 15) is 32.7 Å². The molecule has 0 radical (unpaired) electrons. The van der Waals surface area contributed by atoms with Crippen molar-refractivity contribution in [2.24, 2.45) is 7.05 Å². The molecule has 0 aliphatic rings. The number of ether oxygens (including phenoxy) is 2. The highest BCUT2D eigenvalue weighted by Crippen LogP contribution is 2.24. The second kappa shape index (κ2) is 12.6. The number of unbranched alkanes of at least 4 members (excludes halogenated alkanes) is 1. The van der Waals surface area contributed by atoms with Crippen LogP contribution in [0.5, 0.6) is 11.6 Å². The van der Waals surface area contributed by atoms with Gasteiger partial charge in [-0.05, 0) is 56.7 Å². The highest BCUT2D eigenvalue weighted by Gasteiger charge is 2.34. The Morgan fingerprint density at radius 2 is 1.75 bits per heavy atom. The van der Waals surface area contributed by atoms with Gasteiger partial charge in [-0.15, -0.1) is 5.10 Å². The Bertz CT molecular complexity index is 1130. The molecular formula is C24H32F3N3O6. The predicted octanol–water partition coefficient (Wildman–Crippen LogP) is 3.71. The van der Waals surface area contributed by atoms with Crippen LogP contribution in [0, 0.1) is 0 Å². The Balaban J connectivity index is 1.87. The van der Waals surface area contributed by atoms with Crippen molar-refractivity contribution in [1.82, 2.24) is 14.3 Å². The first-order chi connectivity index (χ1) is 16.9. The number of alkyl halides is 3. The van der Waals surface area contributed by atoms with E-state index >= 15 is 0 Å². The third-order valence-electron chi connectivity index (χ3n) is 5.58. The van der Waals surface area contributed by atoms with Crippen molar-refractivity contribution in [3.63, 3.8) is 0 Å². The molecule has 12 heteroatoms. The van der Waals surface area contributed by atoms with Gasteiger partial charge in [0.1, 0.15) is 5.75 Å². The Labute approximate surface area is 206 Å². The molecule has 1 unspecified atom stereocenters. The van der Waals surface area contributed by atoms with Crippen molar-refractivity contribution in [2.45, 2.75) is 77.1 Å². The van der Waals surface area contributed by atoms with Crippen LogP contribution in [-0.4, -0.2) is 43.8 Å². The molecule has 9 nitrogen and oxygen atoms in total. The molecule has 1 heterocycles. The molecule has 0 spiro atoms. The Hall–Kier alpha value is -3.31. The quantitative estimate of drug-likeness (QED) is 0.382. The molecule has 0 saturated heterocycles. The lowest BCUT2D eigenvalue weighted by molar-refractivity contribution is -0.154. The molecule has 1 aromatic carbocycles. The largest absolute Gasteiger partial charge is 0.478 e. The summed E-state index contributed by atoms with van der Waals surface area (Å²) in [6, 6.07) is 7.13. The summed E-state index contributed by atoms with van der Waals surface area (Å²) in [5, 5.41) is 13.2. The molecule has 2 rings (SSSR count). The lowest BCUT2D eigenvalue weighted by atomic mass is 10.0. The fraction of sp³-hybridized carbons (Fsp3) is 0.583. The number of aliphatic carboxylic acids is 1. The molecule has 0 fully saturated rings. The molecule has 0 aliphatic heterocycles. The zero-order valence-corrected chi connectivity index (χ0v) is 20.6. The van der Waals surface area contributed by atoms with Crippen molar-refractivity contribution in [2.75, 3.05) is 6.61 Å². The van der Waals surface area contributed by atoms with Crippen LogP contribution in [0.1, 0.15) is 57.9 Å². The number of hydrogen-bond donors (Lipinski definition) is 1. The number of nitrogens with zero attached hydrogens (tertiary/aromatic N) is 3. The van der Waals surface area contributed by atoms with Gasteiger partial charge in [-0.1, -0.05) is 25.5 Å². The van der Waals surface area contributed by atoms with Crippen LogP contribution in [0.15, 0.2) is 33.9 Å². The highest BCUT2D eigenvalue weighted by molar-refractivity contribution is 5.77. The van der Waals surface area contributed by atoms with Crippen LogP contribution in [0.3, 0.4) is 0 Å². The summed E-state index contributed by atoms with van der Waals surface area (Å²) in [6.45, 7) is 3.29. The number of carbonyl (C=O) groups is 1. The van der Waals surface area contributed by atoms with Crippen LogP contribution in [0.4, 0.5) is 13.2 Å². The molecule has 0 bridgehead atoms. The summed E-state index contributed by atoms with van der Waals surface area (Å²) in [5.74, 6) is -0.888. The average Bonchev–Trinajstić information content (AvgIpc) is 2.80. The van der Waals surface area contributed by atoms with Gasteiger partial charge in [0.05, 0.1) is 6.61 Å². The van der Waals surface area contributed by atoms with E-state index < -0.39 is 35.4 Å². The maximum absolute atomic E-state index is 12.4. The van der Waals surface area contributed by atoms with Gasteiger partial charge in [-0.2, -0.15) is 13.2 Å². The number of halogens is 3. The van der Waals surface area contributed by atoms with Crippen molar-refractivity contribution in [3.05, 3.63) is 50.7 Å². The van der Waals surface area contributed by atoms with Crippen molar-refractivity contribution < 1.29 is 32.5 Å². The van der Waals surface area contributed by atoms with Gasteiger partial charge < -0.3 is 14.6 Å². The molecule has 1 aromatic heterocycles. The normalized spacial score (nSPS) is 13.3. The summed E-state index contributed by atoms with van der Waals surface area (Å²) in [5.41, 5.74) is -1.85. The van der Waals surface area contributed by atoms with Gasteiger partial charge in [0.25, 0.3) is 5.88 Å². The monoisotopic (exact) mass is 515 g/mol. The van der Waals surface area contributed by atoms with E-state index in [1.165, 1.54) is 7.05 Å². The number of rotatable bonds is 14. The van der Waals surface area contributed by atoms with Gasteiger partial charge in [-0.3, -0.25) is 9.36 Å². The van der Waals surface area contributed by atoms with E-state index in [-0.39, 0.29) is 25.5 Å². The number of hydrogen-bond acceptors (Lipinski definition) is 6. The Kier molecular flexibility index (Phi) is 10.1. The van der Waals surface area contributed by atoms with E-state index in [4.69, 9.17) is 9.47 Å². The highest BCUT2D eigenvalue weighted by atomic mass is 19.4. The van der Waals surface area contributed by atoms with E-state index in [0.29, 0.717) is 37.9 Å². The number of aryl methyl sites for hydroxylation is 2. The first kappa shape index (κ1) is 28.9. The molecule has 2 aromatic rings. The van der Waals surface area contributed by atoms with Gasteiger partial charge in [0.15, 0.2) is 0 Å². The number of aromatic nitrogens is 3. The van der Waals surface area contributed by atoms with Crippen LogP contribution in [0.25, 0.3) is 0 Å². The lowest BCUT2D eigenvalue weighted by Crippen LogP contribution is -2.41. The molecule has 1 atom stereocenters. The summed E-state index contributed by atoms with van der Waals surface area (Å²) in [7, 11) is 1.22. The summed E-state index contributed by atoms with van der Waals surface area (Å²) < 4.78 is 49.8. The van der Waals surface area contributed by atoms with Crippen LogP contribution >= 0.6 is 0 Å². The second-order valence-electron chi connectivity index (χ2n) is 8.73. The number of carboxylic acid groups (broad SMARTS) is 1. The molecule has 1 N–H and O–H groups in total. The Morgan fingerprint density at radius 1 is 1.08 bits per heavy atom. The molecule has 200 valence electrons. The second-order valence-corrected chi connectivity index (χ2v) is 8.73. The van der Waals surface area contributed by atoms with Crippen molar-refractivity contribution in [1.29, 1.82) is 0 Å². The van der Waals surface area contributed by atoms with Gasteiger partial charge in [0, 0.05) is 20.0 Å². The number of benzene rings is 1. The smallest absolute Gasteiger partial charge is 0.389 e. The average molecular weight is 516 g/mol. The minimum atomic E-state index is -4.34. The third-order valence-corrected chi connectivity index (χ3v) is 5.58. The lowest BCUT2D eigenvalue weighted by Gasteiger charge is -2.26. The van der Waals surface area contributed by atoms with E-state index in [1.807, 2.05) is 19.1 Å². The van der Waals surface area contributed by atoms with E-state index in [2.05, 4.69) is 5.10 Å². The minimum Gasteiger partial charge on any atom is -0.478 e. The molecule has 0 saturated carbocycles. The zero-order chi connectivity index (χ0) is 26.9. The molecule has 0 amide bonds. The van der Waals surface area contributed by atoms with Crippen molar-refractivity contribution >= 4 is 5.97 Å². The summed E-state index contributed by atoms with van der Waals surface area (Å²) >= 11 is 0. The predicted molar refractivity (Wildman–Crippen MR) is 125 cm³/mol. The van der Waals surface area contributed by atoms with Gasteiger partial charge in [-0.25, -0.2) is 14.3 Å². The third kappa shape index (κ3) is 8.42. The molecule has 36 heavy (non-hydrogen) atoms. The van der Waals surface area contributed by atoms with Crippen LogP contribution < -0.4 is 20.7 Å². The SMILES string of the molecule is CCCC(C)(Oc1ccc(CCCCOc2nn(CCCC(F)(F)F)c(=O)n(C)c2=O)cc1)C(=O)O. The van der Waals surface area contributed by atoms with Gasteiger partial charge >= 0.3 is 23.4 Å². The first-order valence-electron chi connectivity index (χ1n) is 11.8. The fourth-order valence-electron chi connectivity index (χ4n) is 3.53. The zero-order valence-electron chi connectivity index (χ0n) is 20.6. The maximum Gasteiger partial charge on any atom is 0.389 e. The molecular weight excluding hydrogens is 483 g/mol. The first-order valence-corrected chi connectivity index (χ1v) is 11.8. The van der Waals surface area contributed by atoms with E-state index in [1.54, 1.807) is 19.1 Å². The standard InChI is InChI=1S/C24H32F3N3O6/c1-4-13-23(2,21(32)33)36-18-11-9-17(10-12-18)8-5-6-16-35-19-20(31)29(3)22(34)30(28-19)15-7-14-24(25,26)27/h9-12H,4-8,13-16H2,1-3H3,(H,32,33). The van der Waals surface area contributed by atoms with Gasteiger partial charge in [0.2, 0.25) is 5.60 Å². The summed E-state index contributed by atoms with van der Waals surface area (Å²) in [4.78, 5) is 35.8. The Morgan fingerprint density at radius 3 is 2.33 bits per heavy atom. The van der Waals surface area contributed by atoms with E-state index in [0.717, 1.165) is 14.8 Å².